The molecule has 3 nitrogen and oxygen atoms in total. The van der Waals surface area contributed by atoms with Gasteiger partial charge in [0.1, 0.15) is 0 Å². The monoisotopic (exact) mass is 269 g/mol. The third-order valence-corrected chi connectivity index (χ3v) is 3.53. The van der Waals surface area contributed by atoms with Crippen LogP contribution in [0.2, 0.25) is 0 Å². The topological polar surface area (TPSA) is 49.3 Å². The van der Waals surface area contributed by atoms with Crippen LogP contribution in [0.5, 0.6) is 0 Å². The van der Waals surface area contributed by atoms with Crippen LogP contribution >= 0.6 is 0 Å². The number of amides is 1. The van der Waals surface area contributed by atoms with Gasteiger partial charge in [0.05, 0.1) is 12.0 Å². The summed E-state index contributed by atoms with van der Waals surface area (Å²) in [5.41, 5.74) is -0.813. The Bertz CT molecular complexity index is 471. The molecule has 1 aromatic rings. The van der Waals surface area contributed by atoms with Crippen molar-refractivity contribution in [2.75, 3.05) is 6.54 Å². The molecule has 0 spiro atoms. The number of benzene rings is 1. The van der Waals surface area contributed by atoms with Gasteiger partial charge in [-0.25, -0.2) is 8.78 Å². The predicted octanol–water partition coefficient (Wildman–Crippen LogP) is 1.93. The standard InChI is InChI=1S/C14H17F2NO2/c15-11-5-3-4-10(13(11)16)8-12(18)17-9-14(19)6-1-2-7-14/h3-5,19H,1-2,6-9H2,(H,17,18). The molecular formula is C14H17F2NO2. The van der Waals surface area contributed by atoms with Crippen LogP contribution in [-0.2, 0) is 11.2 Å². The van der Waals surface area contributed by atoms with Gasteiger partial charge in [-0.1, -0.05) is 25.0 Å². The Balaban J connectivity index is 1.89. The summed E-state index contributed by atoms with van der Waals surface area (Å²) < 4.78 is 26.3. The minimum Gasteiger partial charge on any atom is -0.388 e. The van der Waals surface area contributed by atoms with Crippen LogP contribution in [0.25, 0.3) is 0 Å². The Morgan fingerprint density at radius 1 is 1.32 bits per heavy atom. The van der Waals surface area contributed by atoms with Crippen molar-refractivity contribution in [1.82, 2.24) is 5.32 Å². The molecule has 0 atom stereocenters. The summed E-state index contributed by atoms with van der Waals surface area (Å²) in [5.74, 6) is -2.36. The second-order valence-electron chi connectivity index (χ2n) is 5.10. The van der Waals surface area contributed by atoms with Crippen molar-refractivity contribution in [3.05, 3.63) is 35.4 Å². The summed E-state index contributed by atoms with van der Waals surface area (Å²) in [5, 5.41) is 12.6. The van der Waals surface area contributed by atoms with E-state index in [1.54, 1.807) is 0 Å². The van der Waals surface area contributed by atoms with Gasteiger partial charge in [-0.05, 0) is 18.9 Å². The van der Waals surface area contributed by atoms with Crippen molar-refractivity contribution in [3.8, 4) is 0 Å². The molecule has 104 valence electrons. The van der Waals surface area contributed by atoms with E-state index in [4.69, 9.17) is 0 Å². The van der Waals surface area contributed by atoms with Gasteiger partial charge in [0.2, 0.25) is 5.91 Å². The van der Waals surface area contributed by atoms with Gasteiger partial charge in [0.15, 0.2) is 11.6 Å². The lowest BCUT2D eigenvalue weighted by Gasteiger charge is -2.22. The zero-order valence-corrected chi connectivity index (χ0v) is 10.6. The molecule has 1 saturated carbocycles. The van der Waals surface area contributed by atoms with E-state index >= 15 is 0 Å². The Morgan fingerprint density at radius 2 is 2.00 bits per heavy atom. The second kappa shape index (κ2) is 5.65. The number of hydrogen-bond donors (Lipinski definition) is 2. The van der Waals surface area contributed by atoms with E-state index in [-0.39, 0.29) is 18.5 Å². The van der Waals surface area contributed by atoms with E-state index in [1.165, 1.54) is 12.1 Å². The third kappa shape index (κ3) is 3.50. The average Bonchev–Trinajstić information content (AvgIpc) is 2.80. The molecule has 1 aliphatic rings. The quantitative estimate of drug-likeness (QED) is 0.877. The normalized spacial score (nSPS) is 17.4. The van der Waals surface area contributed by atoms with Crippen LogP contribution in [0.4, 0.5) is 8.78 Å². The van der Waals surface area contributed by atoms with Crippen LogP contribution in [0, 0.1) is 11.6 Å². The van der Waals surface area contributed by atoms with Gasteiger partial charge in [-0.3, -0.25) is 4.79 Å². The van der Waals surface area contributed by atoms with E-state index in [2.05, 4.69) is 5.32 Å². The lowest BCUT2D eigenvalue weighted by molar-refractivity contribution is -0.121. The maximum Gasteiger partial charge on any atom is 0.224 e. The molecule has 0 heterocycles. The highest BCUT2D eigenvalue weighted by Crippen LogP contribution is 2.28. The summed E-state index contributed by atoms with van der Waals surface area (Å²) in [6, 6.07) is 3.76. The van der Waals surface area contributed by atoms with E-state index in [1.807, 2.05) is 0 Å². The number of aliphatic hydroxyl groups is 1. The summed E-state index contributed by atoms with van der Waals surface area (Å²) in [6.07, 6.45) is 3.01. The molecule has 1 aromatic carbocycles. The first-order chi connectivity index (χ1) is 9.00. The highest BCUT2D eigenvalue weighted by Gasteiger charge is 2.31. The zero-order chi connectivity index (χ0) is 13.9. The van der Waals surface area contributed by atoms with E-state index in [0.717, 1.165) is 18.9 Å². The van der Waals surface area contributed by atoms with E-state index < -0.39 is 23.1 Å². The molecule has 0 saturated heterocycles. The SMILES string of the molecule is O=C(Cc1cccc(F)c1F)NCC1(O)CCCC1. The number of carbonyl (C=O) groups is 1. The fraction of sp³-hybridized carbons (Fsp3) is 0.500. The van der Waals surface area contributed by atoms with Crippen LogP contribution in [-0.4, -0.2) is 23.2 Å². The maximum absolute atomic E-state index is 13.4. The van der Waals surface area contributed by atoms with Crippen molar-refractivity contribution in [2.45, 2.75) is 37.7 Å². The van der Waals surface area contributed by atoms with Crippen LogP contribution < -0.4 is 5.32 Å². The van der Waals surface area contributed by atoms with Gasteiger partial charge in [-0.2, -0.15) is 0 Å². The van der Waals surface area contributed by atoms with Crippen LogP contribution in [0.15, 0.2) is 18.2 Å². The van der Waals surface area contributed by atoms with Gasteiger partial charge < -0.3 is 10.4 Å². The highest BCUT2D eigenvalue weighted by atomic mass is 19.2. The Hall–Kier alpha value is -1.49. The zero-order valence-electron chi connectivity index (χ0n) is 10.6. The molecule has 0 radical (unpaired) electrons. The fourth-order valence-electron chi connectivity index (χ4n) is 2.39. The molecule has 1 fully saturated rings. The van der Waals surface area contributed by atoms with Crippen molar-refractivity contribution in [3.63, 3.8) is 0 Å². The van der Waals surface area contributed by atoms with Crippen molar-refractivity contribution >= 4 is 5.91 Å². The predicted molar refractivity (Wildman–Crippen MR) is 66.5 cm³/mol. The first kappa shape index (κ1) is 13.9. The molecule has 2 N–H and O–H groups in total. The number of nitrogens with one attached hydrogen (secondary N) is 1. The van der Waals surface area contributed by atoms with Crippen molar-refractivity contribution < 1.29 is 18.7 Å². The Morgan fingerprint density at radius 3 is 2.68 bits per heavy atom. The average molecular weight is 269 g/mol. The smallest absolute Gasteiger partial charge is 0.224 e. The molecule has 1 amide bonds. The Kier molecular flexibility index (Phi) is 4.14. The van der Waals surface area contributed by atoms with Crippen molar-refractivity contribution in [2.24, 2.45) is 0 Å². The van der Waals surface area contributed by atoms with Gasteiger partial charge in [0, 0.05) is 12.1 Å². The second-order valence-corrected chi connectivity index (χ2v) is 5.10. The molecule has 1 aliphatic carbocycles. The molecular weight excluding hydrogens is 252 g/mol. The first-order valence-corrected chi connectivity index (χ1v) is 6.42. The number of carbonyl (C=O) groups excluding carboxylic acids is 1. The minimum absolute atomic E-state index is 0.0240. The minimum atomic E-state index is -0.989. The molecule has 0 unspecified atom stereocenters. The molecule has 0 aliphatic heterocycles. The fourth-order valence-corrected chi connectivity index (χ4v) is 2.39. The highest BCUT2D eigenvalue weighted by molar-refractivity contribution is 5.78. The largest absolute Gasteiger partial charge is 0.388 e. The molecule has 0 aromatic heterocycles. The third-order valence-electron chi connectivity index (χ3n) is 3.53. The summed E-state index contributed by atoms with van der Waals surface area (Å²) >= 11 is 0. The summed E-state index contributed by atoms with van der Waals surface area (Å²) in [6.45, 7) is 0.169. The Labute approximate surface area is 110 Å². The van der Waals surface area contributed by atoms with E-state index in [9.17, 15) is 18.7 Å². The van der Waals surface area contributed by atoms with Gasteiger partial charge >= 0.3 is 0 Å². The van der Waals surface area contributed by atoms with Crippen LogP contribution in [0.3, 0.4) is 0 Å². The number of rotatable bonds is 4. The lowest BCUT2D eigenvalue weighted by atomic mass is 10.0. The molecule has 5 heteroatoms. The summed E-state index contributed by atoms with van der Waals surface area (Å²) in [4.78, 5) is 11.7. The maximum atomic E-state index is 13.4. The number of halogens is 2. The molecule has 0 bridgehead atoms. The first-order valence-electron chi connectivity index (χ1n) is 6.42. The molecule has 19 heavy (non-hydrogen) atoms. The van der Waals surface area contributed by atoms with E-state index in [0.29, 0.717) is 12.8 Å². The molecule has 2 rings (SSSR count). The lowest BCUT2D eigenvalue weighted by Crippen LogP contribution is -2.41. The summed E-state index contributed by atoms with van der Waals surface area (Å²) in [7, 11) is 0. The van der Waals surface area contributed by atoms with Crippen molar-refractivity contribution in [1.29, 1.82) is 0 Å². The van der Waals surface area contributed by atoms with Crippen LogP contribution in [0.1, 0.15) is 31.2 Å². The number of hydrogen-bond acceptors (Lipinski definition) is 2. The van der Waals surface area contributed by atoms with Gasteiger partial charge in [-0.15, -0.1) is 0 Å². The van der Waals surface area contributed by atoms with Gasteiger partial charge in [0.25, 0.3) is 0 Å².